The smallest absolute Gasteiger partial charge is 0.326 e. The predicted molar refractivity (Wildman–Crippen MR) is 116 cm³/mol. The number of aliphatic carboxylic acids is 1. The first-order valence-electron chi connectivity index (χ1n) is 10.8. The molecule has 1 heterocycles. The van der Waals surface area contributed by atoms with Crippen LogP contribution in [-0.2, 0) is 28.8 Å². The Labute approximate surface area is 191 Å². The van der Waals surface area contributed by atoms with Gasteiger partial charge in [-0.05, 0) is 25.2 Å². The van der Waals surface area contributed by atoms with Gasteiger partial charge in [0.25, 0.3) is 0 Å². The highest BCUT2D eigenvalue weighted by Gasteiger charge is 2.38. The third kappa shape index (κ3) is 8.33. The van der Waals surface area contributed by atoms with Crippen molar-refractivity contribution in [1.82, 2.24) is 15.5 Å². The van der Waals surface area contributed by atoms with E-state index in [9.17, 15) is 33.9 Å². The Morgan fingerprint density at radius 2 is 1.73 bits per heavy atom. The molecule has 1 rings (SSSR count). The fraction of sp³-hybridized carbons (Fsp3) is 0.700. The summed E-state index contributed by atoms with van der Waals surface area (Å²) >= 11 is 0. The summed E-state index contributed by atoms with van der Waals surface area (Å²) in [6.07, 6.45) is 0.535. The van der Waals surface area contributed by atoms with E-state index >= 15 is 0 Å². The van der Waals surface area contributed by atoms with Crippen molar-refractivity contribution in [3.05, 3.63) is 0 Å². The van der Waals surface area contributed by atoms with Gasteiger partial charge in [-0.25, -0.2) is 4.79 Å². The monoisotopic (exact) mass is 470 g/mol. The van der Waals surface area contributed by atoms with E-state index in [1.165, 1.54) is 4.90 Å². The van der Waals surface area contributed by atoms with E-state index in [-0.39, 0.29) is 31.7 Å². The Morgan fingerprint density at radius 1 is 1.09 bits per heavy atom. The second-order valence-electron chi connectivity index (χ2n) is 8.24. The van der Waals surface area contributed by atoms with E-state index in [1.54, 1.807) is 13.8 Å². The topological polar surface area (TPSA) is 228 Å². The molecule has 5 unspecified atom stereocenters. The molecule has 0 radical (unpaired) electrons. The van der Waals surface area contributed by atoms with E-state index in [1.807, 2.05) is 0 Å². The lowest BCUT2D eigenvalue weighted by atomic mass is 9.98. The van der Waals surface area contributed by atoms with Crippen molar-refractivity contribution in [2.45, 2.75) is 76.5 Å². The maximum atomic E-state index is 12.9. The van der Waals surface area contributed by atoms with Crippen molar-refractivity contribution < 1.29 is 33.9 Å². The first kappa shape index (κ1) is 27.8. The molecule has 5 atom stereocenters. The number of carboxylic acids is 1. The highest BCUT2D eigenvalue weighted by Crippen LogP contribution is 2.19. The Morgan fingerprint density at radius 3 is 2.24 bits per heavy atom. The number of hydrogen-bond donors (Lipinski definition) is 6. The molecule has 0 saturated carbocycles. The summed E-state index contributed by atoms with van der Waals surface area (Å²) < 4.78 is 0. The molecule has 0 aliphatic carbocycles. The maximum Gasteiger partial charge on any atom is 0.326 e. The molecule has 0 bridgehead atoms. The van der Waals surface area contributed by atoms with E-state index < -0.39 is 59.7 Å². The van der Waals surface area contributed by atoms with Gasteiger partial charge in [0.15, 0.2) is 0 Å². The first-order valence-corrected chi connectivity index (χ1v) is 10.8. The molecular weight excluding hydrogens is 436 g/mol. The number of carbonyl (C=O) groups excluding carboxylic acids is 5. The Balaban J connectivity index is 2.97. The molecule has 0 aromatic carbocycles. The number of primary amides is 2. The van der Waals surface area contributed by atoms with E-state index in [0.717, 1.165) is 0 Å². The number of hydrogen-bond acceptors (Lipinski definition) is 7. The quantitative estimate of drug-likeness (QED) is 0.169. The van der Waals surface area contributed by atoms with Crippen molar-refractivity contribution >= 4 is 35.5 Å². The summed E-state index contributed by atoms with van der Waals surface area (Å²) in [5.41, 5.74) is 16.0. The van der Waals surface area contributed by atoms with Crippen LogP contribution in [0.2, 0.25) is 0 Å². The number of nitrogens with one attached hydrogen (secondary N) is 2. The second kappa shape index (κ2) is 12.7. The van der Waals surface area contributed by atoms with Crippen molar-refractivity contribution in [1.29, 1.82) is 0 Å². The van der Waals surface area contributed by atoms with Crippen LogP contribution in [0.4, 0.5) is 0 Å². The van der Waals surface area contributed by atoms with Crippen LogP contribution in [0.3, 0.4) is 0 Å². The average molecular weight is 471 g/mol. The molecule has 0 spiro atoms. The van der Waals surface area contributed by atoms with Gasteiger partial charge in [0.1, 0.15) is 18.1 Å². The number of nitrogens with two attached hydrogens (primary N) is 3. The highest BCUT2D eigenvalue weighted by molar-refractivity contribution is 5.95. The third-order valence-electron chi connectivity index (χ3n) is 5.67. The second-order valence-corrected chi connectivity index (χ2v) is 8.24. The first-order chi connectivity index (χ1) is 15.4. The summed E-state index contributed by atoms with van der Waals surface area (Å²) in [5.74, 6) is -5.12. The van der Waals surface area contributed by atoms with Crippen LogP contribution in [0.25, 0.3) is 0 Å². The molecule has 5 amide bonds. The zero-order chi connectivity index (χ0) is 25.3. The van der Waals surface area contributed by atoms with Crippen LogP contribution in [0.1, 0.15) is 52.4 Å². The molecule has 13 nitrogen and oxygen atoms in total. The van der Waals surface area contributed by atoms with Crippen LogP contribution >= 0.6 is 0 Å². The normalized spacial score (nSPS) is 19.1. The third-order valence-corrected chi connectivity index (χ3v) is 5.67. The molecule has 1 saturated heterocycles. The van der Waals surface area contributed by atoms with Gasteiger partial charge < -0.3 is 37.8 Å². The fourth-order valence-corrected chi connectivity index (χ4v) is 3.58. The van der Waals surface area contributed by atoms with Gasteiger partial charge in [-0.3, -0.25) is 24.0 Å². The zero-order valence-corrected chi connectivity index (χ0v) is 18.9. The molecule has 0 aromatic heterocycles. The van der Waals surface area contributed by atoms with Crippen molar-refractivity contribution in [3.8, 4) is 0 Å². The molecule has 1 aliphatic heterocycles. The minimum Gasteiger partial charge on any atom is -0.480 e. The lowest BCUT2D eigenvalue weighted by Gasteiger charge is -2.29. The minimum atomic E-state index is -1.24. The number of amides is 5. The number of likely N-dealkylation sites (tertiary alicyclic amines) is 1. The molecule has 0 aromatic rings. The molecule has 186 valence electrons. The van der Waals surface area contributed by atoms with Crippen molar-refractivity contribution in [3.63, 3.8) is 0 Å². The van der Waals surface area contributed by atoms with Crippen molar-refractivity contribution in [2.24, 2.45) is 23.1 Å². The van der Waals surface area contributed by atoms with E-state index in [2.05, 4.69) is 10.6 Å². The Bertz CT molecular complexity index is 774. The van der Waals surface area contributed by atoms with Crippen LogP contribution in [0.15, 0.2) is 0 Å². The maximum absolute atomic E-state index is 12.9. The van der Waals surface area contributed by atoms with Gasteiger partial charge in [0, 0.05) is 13.0 Å². The Kier molecular flexibility index (Phi) is 10.7. The SMILES string of the molecule is CCC(C)C(NC(=O)C(CCC(N)=O)NC(=O)C1CCCN1C(=O)C(N)CC(N)=O)C(=O)O. The molecular formula is C20H34N6O7. The lowest BCUT2D eigenvalue weighted by molar-refractivity contribution is -0.144. The number of carboxylic acid groups (broad SMARTS) is 1. The molecule has 33 heavy (non-hydrogen) atoms. The number of carbonyl (C=O) groups is 6. The summed E-state index contributed by atoms with van der Waals surface area (Å²) in [6, 6.07) is -4.57. The van der Waals surface area contributed by atoms with E-state index in [0.29, 0.717) is 19.3 Å². The molecule has 9 N–H and O–H groups in total. The predicted octanol–water partition coefficient (Wildman–Crippen LogP) is -2.45. The van der Waals surface area contributed by atoms with Gasteiger partial charge in [-0.2, -0.15) is 0 Å². The summed E-state index contributed by atoms with van der Waals surface area (Å²) in [4.78, 5) is 73.4. The molecule has 1 fully saturated rings. The van der Waals surface area contributed by atoms with Gasteiger partial charge in [0.05, 0.1) is 12.5 Å². The van der Waals surface area contributed by atoms with Crippen LogP contribution < -0.4 is 27.8 Å². The fourth-order valence-electron chi connectivity index (χ4n) is 3.58. The van der Waals surface area contributed by atoms with Crippen LogP contribution in [-0.4, -0.2) is 76.2 Å². The van der Waals surface area contributed by atoms with Crippen molar-refractivity contribution in [2.75, 3.05) is 6.54 Å². The highest BCUT2D eigenvalue weighted by atomic mass is 16.4. The molecule has 1 aliphatic rings. The summed E-state index contributed by atoms with van der Waals surface area (Å²) in [5, 5.41) is 14.3. The molecule has 13 heteroatoms. The summed E-state index contributed by atoms with van der Waals surface area (Å²) in [6.45, 7) is 3.66. The zero-order valence-electron chi connectivity index (χ0n) is 18.9. The largest absolute Gasteiger partial charge is 0.480 e. The van der Waals surface area contributed by atoms with Gasteiger partial charge >= 0.3 is 5.97 Å². The summed E-state index contributed by atoms with van der Waals surface area (Å²) in [7, 11) is 0. The average Bonchev–Trinajstić information content (AvgIpc) is 3.22. The number of rotatable bonds is 13. The minimum absolute atomic E-state index is 0.151. The lowest BCUT2D eigenvalue weighted by Crippen LogP contribution is -2.57. The van der Waals surface area contributed by atoms with Gasteiger partial charge in [-0.15, -0.1) is 0 Å². The van der Waals surface area contributed by atoms with Crippen LogP contribution in [0, 0.1) is 5.92 Å². The van der Waals surface area contributed by atoms with Gasteiger partial charge in [0.2, 0.25) is 29.5 Å². The standard InChI is InChI=1S/C20H34N6O7/c1-3-10(2)16(20(32)33)25-17(29)12(6-7-14(22)27)24-18(30)13-5-4-8-26(13)19(31)11(21)9-15(23)28/h10-13,16H,3-9,21H2,1-2H3,(H2,22,27)(H2,23,28)(H,24,30)(H,25,29)(H,32,33). The van der Waals surface area contributed by atoms with E-state index in [4.69, 9.17) is 17.2 Å². The van der Waals surface area contributed by atoms with Gasteiger partial charge in [-0.1, -0.05) is 20.3 Å². The Hall–Kier alpha value is -3.22. The van der Waals surface area contributed by atoms with Crippen LogP contribution in [0.5, 0.6) is 0 Å². The number of nitrogens with zero attached hydrogens (tertiary/aromatic N) is 1.